The highest BCUT2D eigenvalue weighted by atomic mass is 35.5. The number of amidine groups is 1. The van der Waals surface area contributed by atoms with Crippen LogP contribution in [0.2, 0.25) is 0 Å². The number of nitrogens with zero attached hydrogens (tertiary/aromatic N) is 1. The van der Waals surface area contributed by atoms with Crippen LogP contribution in [0.5, 0.6) is 0 Å². The smallest absolute Gasteiger partial charge is 0.270 e. The summed E-state index contributed by atoms with van der Waals surface area (Å²) in [6, 6.07) is 5.67. The van der Waals surface area contributed by atoms with Crippen LogP contribution in [0, 0.1) is 15.5 Å². The van der Waals surface area contributed by atoms with E-state index in [2.05, 4.69) is 0 Å². The molecular formula is C7H8ClN3O2. The second-order valence-corrected chi connectivity index (χ2v) is 2.22. The monoisotopic (exact) mass is 201 g/mol. The minimum atomic E-state index is -0.521. The zero-order chi connectivity index (χ0) is 9.14. The number of benzene rings is 1. The SMILES string of the molecule is Cl.N=C(N)c1cccc([N+](=O)[O-])c1. The third-order valence-corrected chi connectivity index (χ3v) is 1.37. The van der Waals surface area contributed by atoms with Gasteiger partial charge in [-0.15, -0.1) is 12.4 Å². The Morgan fingerprint density at radius 3 is 2.62 bits per heavy atom. The van der Waals surface area contributed by atoms with Crippen molar-refractivity contribution in [3.05, 3.63) is 39.9 Å². The molecule has 3 N–H and O–H groups in total. The molecule has 0 aromatic heterocycles. The summed E-state index contributed by atoms with van der Waals surface area (Å²) >= 11 is 0. The number of nitrogen functional groups attached to an aromatic ring is 1. The Hall–Kier alpha value is -1.62. The maximum absolute atomic E-state index is 10.3. The number of non-ortho nitro benzene ring substituents is 1. The quantitative estimate of drug-likeness (QED) is 0.327. The van der Waals surface area contributed by atoms with Gasteiger partial charge >= 0.3 is 0 Å². The van der Waals surface area contributed by atoms with Crippen molar-refractivity contribution in [3.63, 3.8) is 0 Å². The minimum Gasteiger partial charge on any atom is -0.384 e. The molecule has 13 heavy (non-hydrogen) atoms. The van der Waals surface area contributed by atoms with E-state index in [-0.39, 0.29) is 23.9 Å². The zero-order valence-corrected chi connectivity index (χ0v) is 7.38. The molecule has 0 aliphatic rings. The van der Waals surface area contributed by atoms with E-state index in [1.807, 2.05) is 0 Å². The largest absolute Gasteiger partial charge is 0.384 e. The van der Waals surface area contributed by atoms with Crippen molar-refractivity contribution in [2.75, 3.05) is 0 Å². The predicted molar refractivity (Wildman–Crippen MR) is 51.4 cm³/mol. The molecule has 0 unspecified atom stereocenters. The van der Waals surface area contributed by atoms with E-state index in [9.17, 15) is 10.1 Å². The molecular weight excluding hydrogens is 194 g/mol. The molecule has 1 rings (SSSR count). The van der Waals surface area contributed by atoms with Gasteiger partial charge in [-0.3, -0.25) is 15.5 Å². The first-order valence-electron chi connectivity index (χ1n) is 3.20. The summed E-state index contributed by atoms with van der Waals surface area (Å²) in [5.74, 6) is -0.168. The van der Waals surface area contributed by atoms with Crippen molar-refractivity contribution in [1.82, 2.24) is 0 Å². The van der Waals surface area contributed by atoms with Crippen LogP contribution in [0.15, 0.2) is 24.3 Å². The number of hydrogen-bond acceptors (Lipinski definition) is 3. The maximum Gasteiger partial charge on any atom is 0.270 e. The summed E-state index contributed by atoms with van der Waals surface area (Å²) in [5, 5.41) is 17.3. The first kappa shape index (κ1) is 11.4. The summed E-state index contributed by atoms with van der Waals surface area (Å²) in [6.07, 6.45) is 0. The molecule has 70 valence electrons. The molecule has 0 aliphatic carbocycles. The lowest BCUT2D eigenvalue weighted by Crippen LogP contribution is -2.10. The molecule has 0 aliphatic heterocycles. The molecule has 0 bridgehead atoms. The van der Waals surface area contributed by atoms with Crippen molar-refractivity contribution in [2.45, 2.75) is 0 Å². The Bertz CT molecular complexity index is 311. The van der Waals surface area contributed by atoms with Gasteiger partial charge in [0, 0.05) is 17.7 Å². The number of nitro benzene ring substituents is 1. The first-order chi connectivity index (χ1) is 5.61. The minimum absolute atomic E-state index is 0. The fourth-order valence-corrected chi connectivity index (χ4v) is 0.787. The van der Waals surface area contributed by atoms with E-state index in [0.717, 1.165) is 0 Å². The van der Waals surface area contributed by atoms with Crippen molar-refractivity contribution in [1.29, 1.82) is 5.41 Å². The van der Waals surface area contributed by atoms with Crippen LogP contribution >= 0.6 is 12.4 Å². The molecule has 1 aromatic rings. The summed E-state index contributed by atoms with van der Waals surface area (Å²) in [7, 11) is 0. The topological polar surface area (TPSA) is 93.0 Å². The van der Waals surface area contributed by atoms with E-state index < -0.39 is 4.92 Å². The molecule has 1 aromatic carbocycles. The van der Waals surface area contributed by atoms with Gasteiger partial charge in [0.05, 0.1) is 4.92 Å². The van der Waals surface area contributed by atoms with Crippen LogP contribution < -0.4 is 5.73 Å². The highest BCUT2D eigenvalue weighted by Crippen LogP contribution is 2.11. The van der Waals surface area contributed by atoms with Gasteiger partial charge in [-0.25, -0.2) is 0 Å². The van der Waals surface area contributed by atoms with Crippen molar-refractivity contribution >= 4 is 23.9 Å². The Morgan fingerprint density at radius 2 is 2.15 bits per heavy atom. The van der Waals surface area contributed by atoms with E-state index >= 15 is 0 Å². The van der Waals surface area contributed by atoms with Gasteiger partial charge in [0.2, 0.25) is 0 Å². The highest BCUT2D eigenvalue weighted by molar-refractivity contribution is 5.95. The first-order valence-corrected chi connectivity index (χ1v) is 3.20. The van der Waals surface area contributed by atoms with Gasteiger partial charge < -0.3 is 5.73 Å². The van der Waals surface area contributed by atoms with Gasteiger partial charge in [0.15, 0.2) is 0 Å². The average molecular weight is 202 g/mol. The summed E-state index contributed by atoms with van der Waals surface area (Å²) in [4.78, 5) is 9.75. The summed E-state index contributed by atoms with van der Waals surface area (Å²) in [6.45, 7) is 0. The Balaban J connectivity index is 0.00000144. The maximum atomic E-state index is 10.3. The molecule has 0 heterocycles. The Morgan fingerprint density at radius 1 is 1.54 bits per heavy atom. The van der Waals surface area contributed by atoms with Crippen LogP contribution in [-0.2, 0) is 0 Å². The molecule has 5 nitrogen and oxygen atoms in total. The molecule has 0 fully saturated rings. The molecule has 0 atom stereocenters. The fourth-order valence-electron chi connectivity index (χ4n) is 0.787. The fraction of sp³-hybridized carbons (Fsp3) is 0. The van der Waals surface area contributed by atoms with Gasteiger partial charge in [0.1, 0.15) is 5.84 Å². The molecule has 0 saturated heterocycles. The molecule has 0 saturated carbocycles. The number of halogens is 1. The lowest BCUT2D eigenvalue weighted by atomic mass is 10.2. The van der Waals surface area contributed by atoms with Crippen LogP contribution in [0.25, 0.3) is 0 Å². The van der Waals surface area contributed by atoms with Crippen LogP contribution in [0.1, 0.15) is 5.56 Å². The highest BCUT2D eigenvalue weighted by Gasteiger charge is 2.05. The van der Waals surface area contributed by atoms with Gasteiger partial charge in [-0.2, -0.15) is 0 Å². The van der Waals surface area contributed by atoms with Crippen molar-refractivity contribution in [2.24, 2.45) is 5.73 Å². The van der Waals surface area contributed by atoms with Crippen LogP contribution in [0.4, 0.5) is 5.69 Å². The zero-order valence-electron chi connectivity index (χ0n) is 6.56. The molecule has 6 heteroatoms. The second kappa shape index (κ2) is 4.42. The predicted octanol–water partition coefficient (Wildman–Crippen LogP) is 1.30. The van der Waals surface area contributed by atoms with E-state index in [4.69, 9.17) is 11.1 Å². The van der Waals surface area contributed by atoms with Crippen LogP contribution in [-0.4, -0.2) is 10.8 Å². The standard InChI is InChI=1S/C7H7N3O2.ClH/c8-7(9)5-2-1-3-6(4-5)10(11)12;/h1-4H,(H3,8,9);1H. The van der Waals surface area contributed by atoms with Crippen LogP contribution in [0.3, 0.4) is 0 Å². The molecule has 0 radical (unpaired) electrons. The third kappa shape index (κ3) is 2.72. The number of rotatable bonds is 2. The lowest BCUT2D eigenvalue weighted by molar-refractivity contribution is -0.384. The Kier molecular flexibility index (Phi) is 3.87. The van der Waals surface area contributed by atoms with Gasteiger partial charge in [-0.05, 0) is 0 Å². The second-order valence-electron chi connectivity index (χ2n) is 2.22. The Labute approximate surface area is 80.6 Å². The van der Waals surface area contributed by atoms with E-state index in [1.165, 1.54) is 18.2 Å². The van der Waals surface area contributed by atoms with Gasteiger partial charge in [0.25, 0.3) is 5.69 Å². The lowest BCUT2D eigenvalue weighted by Gasteiger charge is -1.96. The van der Waals surface area contributed by atoms with Crippen molar-refractivity contribution in [3.8, 4) is 0 Å². The van der Waals surface area contributed by atoms with Crippen molar-refractivity contribution < 1.29 is 4.92 Å². The van der Waals surface area contributed by atoms with E-state index in [1.54, 1.807) is 6.07 Å². The van der Waals surface area contributed by atoms with E-state index in [0.29, 0.717) is 5.56 Å². The number of hydrogen-bond donors (Lipinski definition) is 2. The average Bonchev–Trinajstić information content (AvgIpc) is 2.04. The molecule has 0 amide bonds. The normalized spacial score (nSPS) is 8.62. The number of nitrogens with one attached hydrogen (secondary N) is 1. The number of nitro groups is 1. The third-order valence-electron chi connectivity index (χ3n) is 1.37. The number of nitrogens with two attached hydrogens (primary N) is 1. The summed E-state index contributed by atoms with van der Waals surface area (Å²) in [5.41, 5.74) is 5.46. The molecule has 0 spiro atoms. The summed E-state index contributed by atoms with van der Waals surface area (Å²) < 4.78 is 0. The van der Waals surface area contributed by atoms with Gasteiger partial charge in [-0.1, -0.05) is 12.1 Å².